The lowest BCUT2D eigenvalue weighted by atomic mass is 10.1. The van der Waals surface area contributed by atoms with Crippen molar-refractivity contribution in [2.45, 2.75) is 13.3 Å². The molecule has 3 nitrogen and oxygen atoms in total. The molecule has 130 valence electrons. The number of benzene rings is 3. The number of fused-ring (bicyclic) bond motifs is 1. The molecule has 4 heteroatoms. The van der Waals surface area contributed by atoms with Crippen molar-refractivity contribution < 1.29 is 14.2 Å². The average Bonchev–Trinajstić information content (AvgIpc) is 2.64. The average molecular weight is 357 g/mol. The summed E-state index contributed by atoms with van der Waals surface area (Å²) in [5, 5.41) is 2.76. The van der Waals surface area contributed by atoms with Crippen LogP contribution >= 0.6 is 11.6 Å². The SMILES string of the molecule is COc1cc(C)ccc1OCCCOc1ccc(Cl)c2ccccc12. The molecule has 0 N–H and O–H groups in total. The number of rotatable bonds is 7. The van der Waals surface area contributed by atoms with Crippen LogP contribution in [0, 0.1) is 6.92 Å². The van der Waals surface area contributed by atoms with E-state index in [0.717, 1.165) is 45.0 Å². The summed E-state index contributed by atoms with van der Waals surface area (Å²) in [4.78, 5) is 0. The van der Waals surface area contributed by atoms with E-state index in [1.165, 1.54) is 0 Å². The standard InChI is InChI=1S/C21H21ClO3/c1-15-8-10-20(21(14-15)23-2)25-13-5-12-24-19-11-9-18(22)16-6-3-4-7-17(16)19/h3-4,6-11,14H,5,12-13H2,1-2H3. The van der Waals surface area contributed by atoms with Crippen LogP contribution in [0.15, 0.2) is 54.6 Å². The van der Waals surface area contributed by atoms with E-state index in [0.29, 0.717) is 13.2 Å². The molecule has 0 unspecified atom stereocenters. The van der Waals surface area contributed by atoms with E-state index in [1.54, 1.807) is 7.11 Å². The predicted molar refractivity (Wildman–Crippen MR) is 102 cm³/mol. The van der Waals surface area contributed by atoms with Crippen molar-refractivity contribution in [3.63, 3.8) is 0 Å². The highest BCUT2D eigenvalue weighted by Gasteiger charge is 2.06. The molecule has 0 amide bonds. The Morgan fingerprint density at radius 1 is 0.800 bits per heavy atom. The minimum Gasteiger partial charge on any atom is -0.493 e. The van der Waals surface area contributed by atoms with Gasteiger partial charge in [-0.2, -0.15) is 0 Å². The maximum Gasteiger partial charge on any atom is 0.161 e. The lowest BCUT2D eigenvalue weighted by Gasteiger charge is -2.13. The third kappa shape index (κ3) is 4.18. The van der Waals surface area contributed by atoms with Gasteiger partial charge in [0.2, 0.25) is 0 Å². The second-order valence-electron chi connectivity index (χ2n) is 5.80. The van der Waals surface area contributed by atoms with Gasteiger partial charge >= 0.3 is 0 Å². The van der Waals surface area contributed by atoms with Crippen molar-refractivity contribution in [2.24, 2.45) is 0 Å². The van der Waals surface area contributed by atoms with Crippen LogP contribution in [-0.2, 0) is 0 Å². The van der Waals surface area contributed by atoms with E-state index < -0.39 is 0 Å². The third-order valence-electron chi connectivity index (χ3n) is 3.95. The lowest BCUT2D eigenvalue weighted by Crippen LogP contribution is -2.06. The normalized spacial score (nSPS) is 10.7. The van der Waals surface area contributed by atoms with Gasteiger partial charge in [0.15, 0.2) is 11.5 Å². The van der Waals surface area contributed by atoms with Crippen molar-refractivity contribution in [2.75, 3.05) is 20.3 Å². The van der Waals surface area contributed by atoms with Gasteiger partial charge in [-0.3, -0.25) is 0 Å². The second-order valence-corrected chi connectivity index (χ2v) is 6.20. The van der Waals surface area contributed by atoms with Crippen LogP contribution in [0.3, 0.4) is 0 Å². The molecule has 3 aromatic rings. The summed E-state index contributed by atoms with van der Waals surface area (Å²) in [6.07, 6.45) is 0.772. The van der Waals surface area contributed by atoms with Crippen molar-refractivity contribution in [3.05, 3.63) is 65.2 Å². The van der Waals surface area contributed by atoms with E-state index in [9.17, 15) is 0 Å². The molecule has 0 atom stereocenters. The van der Waals surface area contributed by atoms with Crippen LogP contribution in [0.4, 0.5) is 0 Å². The Bertz CT molecular complexity index is 861. The highest BCUT2D eigenvalue weighted by Crippen LogP contribution is 2.31. The molecule has 25 heavy (non-hydrogen) atoms. The van der Waals surface area contributed by atoms with Gasteiger partial charge in [-0.25, -0.2) is 0 Å². The summed E-state index contributed by atoms with van der Waals surface area (Å²) in [6.45, 7) is 3.15. The monoisotopic (exact) mass is 356 g/mol. The number of hydrogen-bond donors (Lipinski definition) is 0. The molecule has 3 aromatic carbocycles. The molecule has 0 saturated carbocycles. The maximum absolute atomic E-state index is 6.23. The van der Waals surface area contributed by atoms with E-state index in [2.05, 4.69) is 0 Å². The van der Waals surface area contributed by atoms with E-state index >= 15 is 0 Å². The lowest BCUT2D eigenvalue weighted by molar-refractivity contribution is 0.241. The third-order valence-corrected chi connectivity index (χ3v) is 4.28. The fraction of sp³-hybridized carbons (Fsp3) is 0.238. The van der Waals surface area contributed by atoms with Gasteiger partial charge in [0, 0.05) is 22.2 Å². The minimum absolute atomic E-state index is 0.560. The van der Waals surface area contributed by atoms with Gasteiger partial charge in [0.25, 0.3) is 0 Å². The fourth-order valence-electron chi connectivity index (χ4n) is 2.68. The molecule has 0 aliphatic rings. The fourth-order valence-corrected chi connectivity index (χ4v) is 2.91. The van der Waals surface area contributed by atoms with Gasteiger partial charge in [-0.1, -0.05) is 41.9 Å². The second kappa shape index (κ2) is 8.13. The quantitative estimate of drug-likeness (QED) is 0.511. The van der Waals surface area contributed by atoms with Crippen LogP contribution in [0.5, 0.6) is 17.2 Å². The van der Waals surface area contributed by atoms with Crippen molar-refractivity contribution in [1.82, 2.24) is 0 Å². The van der Waals surface area contributed by atoms with E-state index in [-0.39, 0.29) is 0 Å². The largest absolute Gasteiger partial charge is 0.493 e. The number of ether oxygens (including phenoxy) is 3. The van der Waals surface area contributed by atoms with Gasteiger partial charge in [-0.15, -0.1) is 0 Å². The molecule has 0 saturated heterocycles. The Hall–Kier alpha value is -2.39. The molecule has 0 heterocycles. The van der Waals surface area contributed by atoms with Crippen molar-refractivity contribution >= 4 is 22.4 Å². The van der Waals surface area contributed by atoms with Crippen molar-refractivity contribution in [3.8, 4) is 17.2 Å². The molecule has 0 aromatic heterocycles. The Morgan fingerprint density at radius 3 is 2.24 bits per heavy atom. The first-order valence-corrected chi connectivity index (χ1v) is 8.64. The molecule has 0 bridgehead atoms. The summed E-state index contributed by atoms with van der Waals surface area (Å²) in [5.74, 6) is 2.35. The van der Waals surface area contributed by atoms with Crippen LogP contribution < -0.4 is 14.2 Å². The molecule has 0 aliphatic carbocycles. The number of methoxy groups -OCH3 is 1. The summed E-state index contributed by atoms with van der Waals surface area (Å²) >= 11 is 6.23. The zero-order valence-electron chi connectivity index (χ0n) is 14.4. The Labute approximate surface area is 153 Å². The molecule has 3 rings (SSSR count). The molecular weight excluding hydrogens is 336 g/mol. The van der Waals surface area contributed by atoms with Gasteiger partial charge in [0.1, 0.15) is 5.75 Å². The predicted octanol–water partition coefficient (Wildman–Crippen LogP) is 5.66. The molecule has 0 fully saturated rings. The van der Waals surface area contributed by atoms with E-state index in [1.807, 2.05) is 61.5 Å². The summed E-state index contributed by atoms with van der Waals surface area (Å²) in [7, 11) is 1.65. The zero-order valence-corrected chi connectivity index (χ0v) is 15.2. The number of halogens is 1. The van der Waals surface area contributed by atoms with Crippen molar-refractivity contribution in [1.29, 1.82) is 0 Å². The van der Waals surface area contributed by atoms with Gasteiger partial charge in [0.05, 0.1) is 20.3 Å². The molecular formula is C21H21ClO3. The topological polar surface area (TPSA) is 27.7 Å². The van der Waals surface area contributed by atoms with Crippen LogP contribution in [0.1, 0.15) is 12.0 Å². The van der Waals surface area contributed by atoms with Crippen LogP contribution in [0.25, 0.3) is 10.8 Å². The summed E-state index contributed by atoms with van der Waals surface area (Å²) in [6, 6.07) is 17.7. The van der Waals surface area contributed by atoms with E-state index in [4.69, 9.17) is 25.8 Å². The first-order chi connectivity index (χ1) is 12.2. The number of aryl methyl sites for hydroxylation is 1. The van der Waals surface area contributed by atoms with Crippen LogP contribution in [-0.4, -0.2) is 20.3 Å². The first-order valence-electron chi connectivity index (χ1n) is 8.26. The summed E-state index contributed by atoms with van der Waals surface area (Å²) in [5.41, 5.74) is 1.14. The minimum atomic E-state index is 0.560. The Balaban J connectivity index is 1.55. The Kier molecular flexibility index (Phi) is 5.67. The smallest absolute Gasteiger partial charge is 0.161 e. The summed E-state index contributed by atoms with van der Waals surface area (Å²) < 4.78 is 17.1. The number of hydrogen-bond acceptors (Lipinski definition) is 3. The molecule has 0 spiro atoms. The highest BCUT2D eigenvalue weighted by atomic mass is 35.5. The zero-order chi connectivity index (χ0) is 17.6. The van der Waals surface area contributed by atoms with Crippen LogP contribution in [0.2, 0.25) is 5.02 Å². The highest BCUT2D eigenvalue weighted by molar-refractivity contribution is 6.35. The van der Waals surface area contributed by atoms with Gasteiger partial charge in [-0.05, 0) is 36.8 Å². The maximum atomic E-state index is 6.23. The first kappa shape index (κ1) is 17.4. The Morgan fingerprint density at radius 2 is 1.48 bits per heavy atom. The molecule has 0 radical (unpaired) electrons. The van der Waals surface area contributed by atoms with Gasteiger partial charge < -0.3 is 14.2 Å². The molecule has 0 aliphatic heterocycles.